The molecule has 3 N–H and O–H groups in total. The van der Waals surface area contributed by atoms with E-state index in [2.05, 4.69) is 10.6 Å². The molecule has 0 spiro atoms. The highest BCUT2D eigenvalue weighted by Gasteiger charge is 2.23. The highest BCUT2D eigenvalue weighted by molar-refractivity contribution is 6.33. The van der Waals surface area contributed by atoms with E-state index in [4.69, 9.17) is 21.4 Å². The number of urea groups is 1. The third kappa shape index (κ3) is 4.58. The first-order valence-electron chi connectivity index (χ1n) is 6.47. The van der Waals surface area contributed by atoms with Gasteiger partial charge in [-0.05, 0) is 31.9 Å². The van der Waals surface area contributed by atoms with Crippen LogP contribution >= 0.6 is 11.6 Å². The Morgan fingerprint density at radius 1 is 1.50 bits per heavy atom. The fraction of sp³-hybridized carbons (Fsp3) is 0.500. The van der Waals surface area contributed by atoms with Gasteiger partial charge >= 0.3 is 6.03 Å². The van der Waals surface area contributed by atoms with Crippen LogP contribution in [0.5, 0.6) is 5.75 Å². The molecule has 0 aliphatic carbocycles. The third-order valence-corrected chi connectivity index (χ3v) is 3.61. The predicted molar refractivity (Wildman–Crippen MR) is 80.6 cm³/mol. The molecule has 20 heavy (non-hydrogen) atoms. The van der Waals surface area contributed by atoms with Crippen molar-refractivity contribution in [1.82, 2.24) is 5.32 Å². The van der Waals surface area contributed by atoms with E-state index >= 15 is 0 Å². The van der Waals surface area contributed by atoms with E-state index in [0.29, 0.717) is 29.3 Å². The molecule has 0 aromatic heterocycles. The summed E-state index contributed by atoms with van der Waals surface area (Å²) in [5.41, 5.74) is 0.0236. The summed E-state index contributed by atoms with van der Waals surface area (Å²) in [5, 5.41) is 15.0. The summed E-state index contributed by atoms with van der Waals surface area (Å²) in [6, 6.07) is 4.66. The second-order valence-electron chi connectivity index (χ2n) is 4.81. The van der Waals surface area contributed by atoms with Gasteiger partial charge < -0.3 is 20.5 Å². The Bertz CT molecular complexity index is 468. The molecule has 112 valence electrons. The van der Waals surface area contributed by atoms with Gasteiger partial charge in [0.15, 0.2) is 0 Å². The van der Waals surface area contributed by atoms with Crippen molar-refractivity contribution in [2.24, 2.45) is 0 Å². The zero-order valence-corrected chi connectivity index (χ0v) is 12.8. The van der Waals surface area contributed by atoms with Crippen LogP contribution in [-0.2, 0) is 0 Å². The maximum atomic E-state index is 12.0. The van der Waals surface area contributed by atoms with Crippen molar-refractivity contribution in [3.8, 4) is 5.75 Å². The molecule has 0 fully saturated rings. The lowest BCUT2D eigenvalue weighted by Crippen LogP contribution is -2.48. The number of carbonyl (C=O) groups excluding carboxylic acids is 1. The average molecular weight is 301 g/mol. The molecule has 6 heteroatoms. The van der Waals surface area contributed by atoms with Crippen LogP contribution < -0.4 is 15.4 Å². The number of anilines is 1. The number of amides is 2. The largest absolute Gasteiger partial charge is 0.497 e. The summed E-state index contributed by atoms with van der Waals surface area (Å²) in [6.45, 7) is 3.86. The fourth-order valence-corrected chi connectivity index (χ4v) is 1.89. The monoisotopic (exact) mass is 300 g/mol. The summed E-state index contributed by atoms with van der Waals surface area (Å²) in [4.78, 5) is 12.0. The van der Waals surface area contributed by atoms with Gasteiger partial charge in [-0.15, -0.1) is 0 Å². The minimum absolute atomic E-state index is 0.0184. The lowest BCUT2D eigenvalue weighted by Gasteiger charge is -2.29. The first kappa shape index (κ1) is 16.6. The zero-order chi connectivity index (χ0) is 15.2. The molecule has 0 saturated heterocycles. The Hall–Kier alpha value is -1.46. The second-order valence-corrected chi connectivity index (χ2v) is 5.22. The van der Waals surface area contributed by atoms with Gasteiger partial charge in [-0.3, -0.25) is 0 Å². The number of benzene rings is 1. The molecular weight excluding hydrogens is 280 g/mol. The number of aliphatic hydroxyl groups excluding tert-OH is 1. The molecular formula is C14H21ClN2O3. The molecule has 0 saturated carbocycles. The summed E-state index contributed by atoms with van der Waals surface area (Å²) < 4.78 is 5.09. The van der Waals surface area contributed by atoms with Crippen molar-refractivity contribution in [2.45, 2.75) is 32.2 Å². The molecule has 1 aromatic rings. The quantitative estimate of drug-likeness (QED) is 0.756. The van der Waals surface area contributed by atoms with Crippen LogP contribution in [0.25, 0.3) is 0 Å². The lowest BCUT2D eigenvalue weighted by molar-refractivity contribution is 0.208. The number of rotatable bonds is 6. The normalized spacial score (nSPS) is 13.4. The van der Waals surface area contributed by atoms with Crippen LogP contribution in [-0.4, -0.2) is 30.4 Å². The number of carbonyl (C=O) groups is 1. The van der Waals surface area contributed by atoms with Crippen LogP contribution in [0.3, 0.4) is 0 Å². The van der Waals surface area contributed by atoms with E-state index in [9.17, 15) is 4.79 Å². The maximum Gasteiger partial charge on any atom is 0.319 e. The molecule has 1 aromatic carbocycles. The SMILES string of the molecule is CCC(C)(CCO)NC(=O)Nc1cc(OC)ccc1Cl. The average Bonchev–Trinajstić information content (AvgIpc) is 2.41. The van der Waals surface area contributed by atoms with Crippen molar-refractivity contribution in [3.05, 3.63) is 23.2 Å². The van der Waals surface area contributed by atoms with Crippen LogP contribution in [0.1, 0.15) is 26.7 Å². The minimum atomic E-state index is -0.454. The van der Waals surface area contributed by atoms with E-state index in [1.165, 1.54) is 0 Å². The smallest absolute Gasteiger partial charge is 0.319 e. The van der Waals surface area contributed by atoms with E-state index in [-0.39, 0.29) is 12.6 Å². The summed E-state index contributed by atoms with van der Waals surface area (Å²) in [7, 11) is 1.54. The third-order valence-electron chi connectivity index (χ3n) is 3.28. The Morgan fingerprint density at radius 3 is 2.75 bits per heavy atom. The summed E-state index contributed by atoms with van der Waals surface area (Å²) in [5.74, 6) is 0.610. The van der Waals surface area contributed by atoms with Gasteiger partial charge in [-0.1, -0.05) is 18.5 Å². The molecule has 0 bridgehead atoms. The first-order valence-corrected chi connectivity index (χ1v) is 6.85. The number of halogens is 1. The molecule has 2 amide bonds. The Balaban J connectivity index is 2.75. The number of hydrogen-bond acceptors (Lipinski definition) is 3. The molecule has 0 heterocycles. The van der Waals surface area contributed by atoms with E-state index in [1.54, 1.807) is 25.3 Å². The van der Waals surface area contributed by atoms with Gasteiger partial charge in [0.1, 0.15) is 5.75 Å². The fourth-order valence-electron chi connectivity index (χ4n) is 1.73. The minimum Gasteiger partial charge on any atom is -0.497 e. The highest BCUT2D eigenvalue weighted by atomic mass is 35.5. The van der Waals surface area contributed by atoms with Gasteiger partial charge in [0.25, 0.3) is 0 Å². The molecule has 0 radical (unpaired) electrons. The van der Waals surface area contributed by atoms with Crippen LogP contribution in [0.4, 0.5) is 10.5 Å². The van der Waals surface area contributed by atoms with Crippen LogP contribution in [0.2, 0.25) is 5.02 Å². The zero-order valence-electron chi connectivity index (χ0n) is 12.0. The van der Waals surface area contributed by atoms with Crippen LogP contribution in [0.15, 0.2) is 18.2 Å². The van der Waals surface area contributed by atoms with Crippen molar-refractivity contribution in [2.75, 3.05) is 19.0 Å². The maximum absolute atomic E-state index is 12.0. The van der Waals surface area contributed by atoms with E-state index < -0.39 is 5.54 Å². The van der Waals surface area contributed by atoms with Gasteiger partial charge in [-0.25, -0.2) is 4.79 Å². The number of aliphatic hydroxyl groups is 1. The lowest BCUT2D eigenvalue weighted by atomic mass is 9.95. The van der Waals surface area contributed by atoms with Crippen LogP contribution in [0, 0.1) is 0 Å². The number of hydrogen-bond donors (Lipinski definition) is 3. The Labute approximate surface area is 124 Å². The van der Waals surface area contributed by atoms with Gasteiger partial charge in [0, 0.05) is 18.2 Å². The van der Waals surface area contributed by atoms with E-state index in [0.717, 1.165) is 0 Å². The summed E-state index contributed by atoms with van der Waals surface area (Å²) >= 11 is 6.03. The van der Waals surface area contributed by atoms with Gasteiger partial charge in [0.2, 0.25) is 0 Å². The van der Waals surface area contributed by atoms with Crippen molar-refractivity contribution >= 4 is 23.3 Å². The number of methoxy groups -OCH3 is 1. The molecule has 1 unspecified atom stereocenters. The Kier molecular flexibility index (Phi) is 6.10. The summed E-state index contributed by atoms with van der Waals surface area (Å²) in [6.07, 6.45) is 1.20. The van der Waals surface area contributed by atoms with Gasteiger partial charge in [0.05, 0.1) is 17.8 Å². The standard InChI is InChI=1S/C14H21ClN2O3/c1-4-14(2,7-8-18)17-13(19)16-12-9-10(20-3)5-6-11(12)15/h5-6,9,18H,4,7-8H2,1-3H3,(H2,16,17,19). The highest BCUT2D eigenvalue weighted by Crippen LogP contribution is 2.26. The van der Waals surface area contributed by atoms with Crippen molar-refractivity contribution in [3.63, 3.8) is 0 Å². The molecule has 1 atom stereocenters. The molecule has 0 aliphatic rings. The predicted octanol–water partition coefficient (Wildman–Crippen LogP) is 3.02. The number of ether oxygens (including phenoxy) is 1. The number of nitrogens with one attached hydrogen (secondary N) is 2. The molecule has 1 rings (SSSR count). The van der Waals surface area contributed by atoms with Gasteiger partial charge in [-0.2, -0.15) is 0 Å². The second kappa shape index (κ2) is 7.36. The molecule has 5 nitrogen and oxygen atoms in total. The van der Waals surface area contributed by atoms with Crippen molar-refractivity contribution < 1.29 is 14.6 Å². The molecule has 0 aliphatic heterocycles. The topological polar surface area (TPSA) is 70.6 Å². The van der Waals surface area contributed by atoms with E-state index in [1.807, 2.05) is 13.8 Å². The van der Waals surface area contributed by atoms with Crippen molar-refractivity contribution in [1.29, 1.82) is 0 Å². The Morgan fingerprint density at radius 2 is 2.20 bits per heavy atom. The first-order chi connectivity index (χ1) is 9.44.